The van der Waals surface area contributed by atoms with Crippen LogP contribution in [-0.4, -0.2) is 31.5 Å². The number of ether oxygens (including phenoxy) is 1. The summed E-state index contributed by atoms with van der Waals surface area (Å²) < 4.78 is 28.9. The Morgan fingerprint density at radius 2 is 1.88 bits per heavy atom. The van der Waals surface area contributed by atoms with Gasteiger partial charge >= 0.3 is 6.61 Å². The molecule has 0 radical (unpaired) electrons. The summed E-state index contributed by atoms with van der Waals surface area (Å²) in [5, 5.41) is 2.86. The summed E-state index contributed by atoms with van der Waals surface area (Å²) in [4.78, 5) is 14.5. The number of hydrogen-bond donors (Lipinski definition) is 1. The molecule has 0 fully saturated rings. The van der Waals surface area contributed by atoms with E-state index in [1.807, 2.05) is 50.2 Å². The molecule has 1 N–H and O–H groups in total. The molecule has 1 atom stereocenters. The van der Waals surface area contributed by atoms with Crippen molar-refractivity contribution < 1.29 is 18.3 Å². The fraction of sp³-hybridized carbons (Fsp3) is 0.316. The van der Waals surface area contributed by atoms with Gasteiger partial charge in [0.1, 0.15) is 11.8 Å². The van der Waals surface area contributed by atoms with Crippen LogP contribution in [0.2, 0.25) is 0 Å². The second kappa shape index (κ2) is 8.58. The van der Waals surface area contributed by atoms with Crippen molar-refractivity contribution in [3.8, 4) is 5.75 Å². The number of carbonyl (C=O) groups is 1. The van der Waals surface area contributed by atoms with Crippen LogP contribution in [0.3, 0.4) is 0 Å². The number of rotatable bonds is 7. The van der Waals surface area contributed by atoms with Crippen molar-refractivity contribution >= 4 is 5.91 Å². The van der Waals surface area contributed by atoms with E-state index in [-0.39, 0.29) is 18.2 Å². The maximum absolute atomic E-state index is 12.6. The van der Waals surface area contributed by atoms with Crippen LogP contribution in [0.4, 0.5) is 8.78 Å². The second-order valence-electron chi connectivity index (χ2n) is 6.02. The molecule has 0 aliphatic heterocycles. The third-order valence-corrected chi connectivity index (χ3v) is 3.71. The third kappa shape index (κ3) is 5.53. The van der Waals surface area contributed by atoms with Gasteiger partial charge in [0.2, 0.25) is 5.91 Å². The highest BCUT2D eigenvalue weighted by Crippen LogP contribution is 2.20. The topological polar surface area (TPSA) is 41.6 Å². The van der Waals surface area contributed by atoms with Crippen LogP contribution in [0.25, 0.3) is 0 Å². The molecule has 0 aliphatic carbocycles. The summed E-state index contributed by atoms with van der Waals surface area (Å²) in [6, 6.07) is 13.6. The summed E-state index contributed by atoms with van der Waals surface area (Å²) in [5.41, 5.74) is 2.67. The van der Waals surface area contributed by atoms with E-state index in [1.165, 1.54) is 12.1 Å². The maximum atomic E-state index is 12.6. The van der Waals surface area contributed by atoms with Crippen LogP contribution in [0.5, 0.6) is 5.75 Å². The van der Waals surface area contributed by atoms with E-state index in [4.69, 9.17) is 0 Å². The maximum Gasteiger partial charge on any atom is 0.387 e. The van der Waals surface area contributed by atoms with E-state index in [2.05, 4.69) is 10.1 Å². The van der Waals surface area contributed by atoms with E-state index in [9.17, 15) is 13.6 Å². The number of alkyl halides is 2. The van der Waals surface area contributed by atoms with Gasteiger partial charge in [-0.3, -0.25) is 9.69 Å². The Morgan fingerprint density at radius 3 is 2.52 bits per heavy atom. The predicted octanol–water partition coefficient (Wildman–Crippen LogP) is 3.52. The van der Waals surface area contributed by atoms with Crippen molar-refractivity contribution in [2.75, 3.05) is 14.1 Å². The van der Waals surface area contributed by atoms with E-state index < -0.39 is 12.7 Å². The molecule has 25 heavy (non-hydrogen) atoms. The van der Waals surface area contributed by atoms with Gasteiger partial charge in [-0.15, -0.1) is 0 Å². The van der Waals surface area contributed by atoms with Crippen molar-refractivity contribution in [3.63, 3.8) is 0 Å². The van der Waals surface area contributed by atoms with Gasteiger partial charge in [-0.05, 0) is 44.3 Å². The zero-order valence-electron chi connectivity index (χ0n) is 14.5. The lowest BCUT2D eigenvalue weighted by Crippen LogP contribution is -2.36. The summed E-state index contributed by atoms with van der Waals surface area (Å²) in [6.07, 6.45) is 0. The van der Waals surface area contributed by atoms with E-state index in [0.29, 0.717) is 5.56 Å². The Morgan fingerprint density at radius 1 is 1.16 bits per heavy atom. The number of nitrogens with one attached hydrogen (secondary N) is 1. The van der Waals surface area contributed by atoms with Gasteiger partial charge in [-0.25, -0.2) is 0 Å². The van der Waals surface area contributed by atoms with Crippen molar-refractivity contribution in [1.82, 2.24) is 10.2 Å². The zero-order valence-corrected chi connectivity index (χ0v) is 14.5. The molecule has 0 aromatic heterocycles. The first-order valence-corrected chi connectivity index (χ1v) is 7.91. The Bertz CT molecular complexity index is 720. The van der Waals surface area contributed by atoms with E-state index >= 15 is 0 Å². The molecule has 0 unspecified atom stereocenters. The van der Waals surface area contributed by atoms with Crippen LogP contribution in [0.15, 0.2) is 48.5 Å². The molecule has 0 aliphatic rings. The Balaban J connectivity index is 2.07. The number of carbonyl (C=O) groups excluding carboxylic acids is 1. The second-order valence-corrected chi connectivity index (χ2v) is 6.02. The number of nitrogens with zero attached hydrogens (tertiary/aromatic N) is 1. The van der Waals surface area contributed by atoms with Gasteiger partial charge in [0.05, 0.1) is 0 Å². The van der Waals surface area contributed by atoms with Gasteiger partial charge in [0.25, 0.3) is 0 Å². The standard InChI is InChI=1S/C19H22F2N2O2/c1-13-6-4-8-15(10-13)17(23(2)3)18(24)22-12-14-7-5-9-16(11-14)25-19(20)21/h4-11,17,19H,12H2,1-3H3,(H,22,24)/t17-/m0/s1. The average molecular weight is 348 g/mol. The molecule has 0 saturated heterocycles. The quantitative estimate of drug-likeness (QED) is 0.832. The lowest BCUT2D eigenvalue weighted by Gasteiger charge is -2.24. The number of halogens is 2. The minimum Gasteiger partial charge on any atom is -0.435 e. The van der Waals surface area contributed by atoms with Gasteiger partial charge in [0, 0.05) is 6.54 Å². The van der Waals surface area contributed by atoms with Crippen molar-refractivity contribution in [1.29, 1.82) is 0 Å². The van der Waals surface area contributed by atoms with E-state index in [0.717, 1.165) is 11.1 Å². The minimum absolute atomic E-state index is 0.0737. The smallest absolute Gasteiger partial charge is 0.387 e. The normalized spacial score (nSPS) is 12.3. The lowest BCUT2D eigenvalue weighted by atomic mass is 10.0. The van der Waals surface area contributed by atoms with Crippen LogP contribution in [0, 0.1) is 6.92 Å². The fourth-order valence-corrected chi connectivity index (χ4v) is 2.64. The van der Waals surface area contributed by atoms with Crippen molar-refractivity contribution in [2.45, 2.75) is 26.1 Å². The molecule has 2 aromatic carbocycles. The largest absolute Gasteiger partial charge is 0.435 e. The molecule has 0 saturated carbocycles. The summed E-state index contributed by atoms with van der Waals surface area (Å²) >= 11 is 0. The highest BCUT2D eigenvalue weighted by Gasteiger charge is 2.22. The molecule has 4 nitrogen and oxygen atoms in total. The first-order chi connectivity index (χ1) is 11.9. The molecule has 0 spiro atoms. The lowest BCUT2D eigenvalue weighted by molar-refractivity contribution is -0.126. The highest BCUT2D eigenvalue weighted by atomic mass is 19.3. The van der Waals surface area contributed by atoms with Gasteiger partial charge < -0.3 is 10.1 Å². The molecular weight excluding hydrogens is 326 g/mol. The van der Waals surface area contributed by atoms with E-state index in [1.54, 1.807) is 12.1 Å². The van der Waals surface area contributed by atoms with Gasteiger partial charge in [0.15, 0.2) is 0 Å². The van der Waals surface area contributed by atoms with Crippen LogP contribution in [0.1, 0.15) is 22.7 Å². The average Bonchev–Trinajstić information content (AvgIpc) is 2.52. The summed E-state index contributed by atoms with van der Waals surface area (Å²) in [6.45, 7) is -0.665. The monoisotopic (exact) mass is 348 g/mol. The molecule has 0 bridgehead atoms. The molecule has 0 heterocycles. The van der Waals surface area contributed by atoms with Crippen LogP contribution >= 0.6 is 0 Å². The fourth-order valence-electron chi connectivity index (χ4n) is 2.64. The van der Waals surface area contributed by atoms with Crippen molar-refractivity contribution in [2.24, 2.45) is 0 Å². The number of aryl methyl sites for hydroxylation is 1. The third-order valence-electron chi connectivity index (χ3n) is 3.71. The predicted molar refractivity (Wildman–Crippen MR) is 92.5 cm³/mol. The Hall–Kier alpha value is -2.47. The first-order valence-electron chi connectivity index (χ1n) is 7.91. The number of amides is 1. The number of likely N-dealkylation sites (N-methyl/N-ethyl adjacent to an activating group) is 1. The number of benzene rings is 2. The zero-order chi connectivity index (χ0) is 18.4. The summed E-state index contributed by atoms with van der Waals surface area (Å²) in [7, 11) is 3.67. The molecule has 2 rings (SSSR count). The van der Waals surface area contributed by atoms with Crippen molar-refractivity contribution in [3.05, 3.63) is 65.2 Å². The molecule has 1 amide bonds. The minimum atomic E-state index is -2.87. The van der Waals surface area contributed by atoms with Gasteiger partial charge in [-0.1, -0.05) is 42.0 Å². The SMILES string of the molecule is Cc1cccc([C@@H](C(=O)NCc2cccc(OC(F)F)c2)N(C)C)c1. The summed E-state index contributed by atoms with van der Waals surface area (Å²) in [5.74, 6) is -0.0830. The molecule has 6 heteroatoms. The Kier molecular flexibility index (Phi) is 6.47. The first kappa shape index (κ1) is 18.9. The van der Waals surface area contributed by atoms with Crippen LogP contribution in [-0.2, 0) is 11.3 Å². The van der Waals surface area contributed by atoms with Crippen LogP contribution < -0.4 is 10.1 Å². The Labute approximate surface area is 146 Å². The molecule has 134 valence electrons. The molecule has 2 aromatic rings. The number of hydrogen-bond acceptors (Lipinski definition) is 3. The molecular formula is C19H22F2N2O2. The highest BCUT2D eigenvalue weighted by molar-refractivity contribution is 5.83. The van der Waals surface area contributed by atoms with Gasteiger partial charge in [-0.2, -0.15) is 8.78 Å².